The van der Waals surface area contributed by atoms with Crippen LogP contribution in [0.3, 0.4) is 0 Å². The Kier molecular flexibility index (Phi) is 7.72. The molecule has 1 aliphatic heterocycles. The number of hydrogen-bond donors (Lipinski definition) is 2. The molecule has 1 aliphatic rings. The predicted molar refractivity (Wildman–Crippen MR) is 129 cm³/mol. The maximum Gasteiger partial charge on any atom is 0.244 e. The Balaban J connectivity index is 1.42. The molecule has 1 saturated heterocycles. The number of rotatable bonds is 8. The summed E-state index contributed by atoms with van der Waals surface area (Å²) in [5.74, 6) is 1.12. The summed E-state index contributed by atoms with van der Waals surface area (Å²) >= 11 is 0. The van der Waals surface area contributed by atoms with Crippen molar-refractivity contribution in [2.75, 3.05) is 25.0 Å². The fourth-order valence-corrected chi connectivity index (χ4v) is 4.03. The molecule has 2 amide bonds. The maximum absolute atomic E-state index is 13.2. The number of anilines is 1. The van der Waals surface area contributed by atoms with Crippen LogP contribution in [-0.4, -0.2) is 42.4 Å². The van der Waals surface area contributed by atoms with Gasteiger partial charge in [0.25, 0.3) is 0 Å². The minimum atomic E-state index is -0.216. The van der Waals surface area contributed by atoms with Crippen molar-refractivity contribution in [3.63, 3.8) is 0 Å². The molecular formula is C27H29N3O3. The fraction of sp³-hybridized carbons (Fsp3) is 0.259. The van der Waals surface area contributed by atoms with E-state index < -0.39 is 0 Å². The first-order chi connectivity index (χ1) is 16.2. The smallest absolute Gasteiger partial charge is 0.244 e. The van der Waals surface area contributed by atoms with Gasteiger partial charge in [-0.2, -0.15) is 0 Å². The van der Waals surface area contributed by atoms with Crippen molar-refractivity contribution >= 4 is 17.5 Å². The van der Waals surface area contributed by atoms with E-state index in [-0.39, 0.29) is 24.4 Å². The van der Waals surface area contributed by atoms with Gasteiger partial charge in [0.15, 0.2) is 0 Å². The molecule has 3 aromatic carbocycles. The van der Waals surface area contributed by atoms with Gasteiger partial charge in [-0.15, -0.1) is 0 Å². The zero-order valence-electron chi connectivity index (χ0n) is 18.6. The van der Waals surface area contributed by atoms with Crippen LogP contribution in [-0.2, 0) is 16.0 Å². The van der Waals surface area contributed by atoms with Gasteiger partial charge in [0, 0.05) is 17.8 Å². The molecule has 170 valence electrons. The molecule has 4 rings (SSSR count). The highest BCUT2D eigenvalue weighted by molar-refractivity contribution is 5.95. The highest BCUT2D eigenvalue weighted by Gasteiger charge is 2.27. The van der Waals surface area contributed by atoms with Gasteiger partial charge in [-0.25, -0.2) is 0 Å². The molecule has 2 N–H and O–H groups in total. The SMILES string of the molecule is O=C(CN(C(=O)Cc1ccccc1)C1CCNCC1)Nc1cccc(Oc2ccccc2)c1. The summed E-state index contributed by atoms with van der Waals surface area (Å²) in [5.41, 5.74) is 1.59. The monoisotopic (exact) mass is 443 g/mol. The van der Waals surface area contributed by atoms with Crippen molar-refractivity contribution < 1.29 is 14.3 Å². The van der Waals surface area contributed by atoms with E-state index in [1.807, 2.05) is 78.9 Å². The lowest BCUT2D eigenvalue weighted by atomic mass is 10.0. The molecule has 0 saturated carbocycles. The zero-order valence-corrected chi connectivity index (χ0v) is 18.6. The van der Waals surface area contributed by atoms with E-state index in [0.717, 1.165) is 37.2 Å². The lowest BCUT2D eigenvalue weighted by Gasteiger charge is -2.34. The van der Waals surface area contributed by atoms with Gasteiger partial charge in [0.1, 0.15) is 18.0 Å². The predicted octanol–water partition coefficient (Wildman–Crippen LogP) is 4.24. The Morgan fingerprint density at radius 1 is 0.879 bits per heavy atom. The second-order valence-electron chi connectivity index (χ2n) is 8.16. The topological polar surface area (TPSA) is 70.7 Å². The zero-order chi connectivity index (χ0) is 22.9. The van der Waals surface area contributed by atoms with Crippen LogP contribution < -0.4 is 15.4 Å². The lowest BCUT2D eigenvalue weighted by molar-refractivity contribution is -0.137. The Morgan fingerprint density at radius 3 is 2.27 bits per heavy atom. The summed E-state index contributed by atoms with van der Waals surface area (Å²) in [5, 5.41) is 6.25. The fourth-order valence-electron chi connectivity index (χ4n) is 4.03. The summed E-state index contributed by atoms with van der Waals surface area (Å²) in [6, 6.07) is 26.5. The van der Waals surface area contributed by atoms with Gasteiger partial charge in [-0.3, -0.25) is 9.59 Å². The summed E-state index contributed by atoms with van der Waals surface area (Å²) in [4.78, 5) is 27.8. The molecule has 6 heteroatoms. The highest BCUT2D eigenvalue weighted by Crippen LogP contribution is 2.24. The summed E-state index contributed by atoms with van der Waals surface area (Å²) in [7, 11) is 0. The average molecular weight is 444 g/mol. The quantitative estimate of drug-likeness (QED) is 0.546. The Labute approximate surface area is 194 Å². The third kappa shape index (κ3) is 6.67. The van der Waals surface area contributed by atoms with Crippen LogP contribution in [0.1, 0.15) is 18.4 Å². The van der Waals surface area contributed by atoms with E-state index in [2.05, 4.69) is 10.6 Å². The molecule has 0 bridgehead atoms. The molecular weight excluding hydrogens is 414 g/mol. The number of ether oxygens (including phenoxy) is 1. The number of carbonyl (C=O) groups is 2. The molecule has 33 heavy (non-hydrogen) atoms. The molecule has 1 fully saturated rings. The van der Waals surface area contributed by atoms with E-state index >= 15 is 0 Å². The van der Waals surface area contributed by atoms with Gasteiger partial charge in [0.2, 0.25) is 11.8 Å². The van der Waals surface area contributed by atoms with Crippen LogP contribution in [0.2, 0.25) is 0 Å². The number of nitrogens with one attached hydrogen (secondary N) is 2. The number of piperidine rings is 1. The van der Waals surface area contributed by atoms with Crippen molar-refractivity contribution in [1.82, 2.24) is 10.2 Å². The number of carbonyl (C=O) groups excluding carboxylic acids is 2. The Morgan fingerprint density at radius 2 is 1.55 bits per heavy atom. The molecule has 1 heterocycles. The van der Waals surface area contributed by atoms with Gasteiger partial charge in [-0.1, -0.05) is 54.6 Å². The normalized spacial score (nSPS) is 13.8. The molecule has 3 aromatic rings. The van der Waals surface area contributed by atoms with Crippen LogP contribution in [0.4, 0.5) is 5.69 Å². The molecule has 0 aromatic heterocycles. The lowest BCUT2D eigenvalue weighted by Crippen LogP contribution is -2.49. The number of hydrogen-bond acceptors (Lipinski definition) is 4. The second kappa shape index (κ2) is 11.3. The Hall–Kier alpha value is -3.64. The van der Waals surface area contributed by atoms with E-state index in [9.17, 15) is 9.59 Å². The Bertz CT molecular complexity index is 1050. The number of amides is 2. The first-order valence-corrected chi connectivity index (χ1v) is 11.3. The van der Waals surface area contributed by atoms with Crippen molar-refractivity contribution in [1.29, 1.82) is 0 Å². The molecule has 0 aliphatic carbocycles. The van der Waals surface area contributed by atoms with Crippen molar-refractivity contribution in [3.05, 3.63) is 90.5 Å². The molecule has 0 spiro atoms. The molecule has 6 nitrogen and oxygen atoms in total. The van der Waals surface area contributed by atoms with Gasteiger partial charge >= 0.3 is 0 Å². The van der Waals surface area contributed by atoms with Gasteiger partial charge in [0.05, 0.1) is 6.42 Å². The summed E-state index contributed by atoms with van der Waals surface area (Å²) in [6.07, 6.45) is 1.97. The van der Waals surface area contributed by atoms with E-state index in [1.54, 1.807) is 11.0 Å². The van der Waals surface area contributed by atoms with Gasteiger partial charge < -0.3 is 20.3 Å². The molecule has 0 unspecified atom stereocenters. The van der Waals surface area contributed by atoms with Crippen molar-refractivity contribution in [3.8, 4) is 11.5 Å². The van der Waals surface area contributed by atoms with Crippen molar-refractivity contribution in [2.45, 2.75) is 25.3 Å². The maximum atomic E-state index is 13.2. The van der Waals surface area contributed by atoms with E-state index in [1.165, 1.54) is 0 Å². The minimum Gasteiger partial charge on any atom is -0.457 e. The average Bonchev–Trinajstić information content (AvgIpc) is 2.84. The minimum absolute atomic E-state index is 0.0237. The van der Waals surface area contributed by atoms with Crippen LogP contribution in [0, 0.1) is 0 Å². The van der Waals surface area contributed by atoms with Crippen LogP contribution in [0.15, 0.2) is 84.9 Å². The van der Waals surface area contributed by atoms with Crippen LogP contribution >= 0.6 is 0 Å². The van der Waals surface area contributed by atoms with Crippen LogP contribution in [0.25, 0.3) is 0 Å². The highest BCUT2D eigenvalue weighted by atomic mass is 16.5. The third-order valence-corrected chi connectivity index (χ3v) is 5.68. The first-order valence-electron chi connectivity index (χ1n) is 11.3. The van der Waals surface area contributed by atoms with E-state index in [0.29, 0.717) is 17.9 Å². The number of para-hydroxylation sites is 1. The largest absolute Gasteiger partial charge is 0.457 e. The number of nitrogens with zero attached hydrogens (tertiary/aromatic N) is 1. The molecule has 0 atom stereocenters. The van der Waals surface area contributed by atoms with Crippen LogP contribution in [0.5, 0.6) is 11.5 Å². The first kappa shape index (κ1) is 22.6. The summed E-state index contributed by atoms with van der Waals surface area (Å²) < 4.78 is 5.86. The molecule has 0 radical (unpaired) electrons. The second-order valence-corrected chi connectivity index (χ2v) is 8.16. The third-order valence-electron chi connectivity index (χ3n) is 5.68. The van der Waals surface area contributed by atoms with Crippen molar-refractivity contribution in [2.24, 2.45) is 0 Å². The summed E-state index contributed by atoms with van der Waals surface area (Å²) in [6.45, 7) is 1.72. The number of benzene rings is 3. The van der Waals surface area contributed by atoms with Gasteiger partial charge in [-0.05, 0) is 55.8 Å². The standard InChI is InChI=1S/C27H29N3O3/c31-26(29-22-10-7-13-25(19-22)33-24-11-5-2-6-12-24)20-30(23-14-16-28-17-15-23)27(32)18-21-8-3-1-4-9-21/h1-13,19,23,28H,14-18,20H2,(H,29,31). The van der Waals surface area contributed by atoms with E-state index in [4.69, 9.17) is 4.74 Å².